The van der Waals surface area contributed by atoms with Gasteiger partial charge in [-0.1, -0.05) is 0 Å². The lowest BCUT2D eigenvalue weighted by Gasteiger charge is -1.99. The van der Waals surface area contributed by atoms with Gasteiger partial charge in [0.05, 0.1) is 5.56 Å². The average molecular weight is 265 g/mol. The largest absolute Gasteiger partial charge is 0.478 e. The van der Waals surface area contributed by atoms with Crippen LogP contribution in [-0.4, -0.2) is 11.1 Å². The highest BCUT2D eigenvalue weighted by Gasteiger charge is 2.15. The van der Waals surface area contributed by atoms with Crippen molar-refractivity contribution in [2.45, 2.75) is 0 Å². The molecule has 2 heterocycles. The topological polar surface area (TPSA) is 50.4 Å². The summed E-state index contributed by atoms with van der Waals surface area (Å²) in [4.78, 5) is 10.9. The lowest BCUT2D eigenvalue weighted by atomic mass is 10.1. The van der Waals surface area contributed by atoms with E-state index in [2.05, 4.69) is 15.9 Å². The van der Waals surface area contributed by atoms with Gasteiger partial charge in [0.2, 0.25) is 0 Å². The maximum Gasteiger partial charge on any atom is 0.336 e. The van der Waals surface area contributed by atoms with Crippen molar-refractivity contribution < 1.29 is 14.3 Å². The summed E-state index contributed by atoms with van der Waals surface area (Å²) in [6, 6.07) is 7.14. The van der Waals surface area contributed by atoms with Gasteiger partial charge in [0, 0.05) is 15.2 Å². The Morgan fingerprint density at radius 3 is 2.40 bits per heavy atom. The second-order valence-electron chi connectivity index (χ2n) is 3.35. The number of aromatic carboxylic acids is 1. The van der Waals surface area contributed by atoms with Gasteiger partial charge in [-0.2, -0.15) is 0 Å². The van der Waals surface area contributed by atoms with E-state index < -0.39 is 5.97 Å². The minimum atomic E-state index is -0.943. The molecule has 0 saturated heterocycles. The molecule has 0 saturated carbocycles. The second-order valence-corrected chi connectivity index (χ2v) is 4.20. The highest BCUT2D eigenvalue weighted by atomic mass is 79.9. The number of benzene rings is 2. The third kappa shape index (κ3) is 1.08. The smallest absolute Gasteiger partial charge is 0.336 e. The van der Waals surface area contributed by atoms with E-state index in [-0.39, 0.29) is 5.56 Å². The highest BCUT2D eigenvalue weighted by molar-refractivity contribution is 9.10. The third-order valence-electron chi connectivity index (χ3n) is 2.47. The van der Waals surface area contributed by atoms with Gasteiger partial charge in [-0.25, -0.2) is 4.79 Å². The first-order chi connectivity index (χ1) is 7.16. The molecule has 0 aliphatic rings. The molecule has 0 unspecified atom stereocenters. The fourth-order valence-electron chi connectivity index (χ4n) is 1.77. The van der Waals surface area contributed by atoms with Crippen LogP contribution in [0.3, 0.4) is 0 Å². The Hall–Kier alpha value is -1.55. The summed E-state index contributed by atoms with van der Waals surface area (Å²) in [5.74, 6) is -0.943. The van der Waals surface area contributed by atoms with Crippen LogP contribution in [0.4, 0.5) is 0 Å². The Balaban J connectivity index is 2.47. The number of hydrogen-bond acceptors (Lipinski definition) is 2. The number of carbonyl (C=O) groups is 1. The fraction of sp³-hybridized carbons (Fsp3) is 0. The Morgan fingerprint density at radius 1 is 1.20 bits per heavy atom. The number of halogens is 1. The lowest BCUT2D eigenvalue weighted by Crippen LogP contribution is -1.96. The number of carboxylic acid groups (broad SMARTS) is 1. The fourth-order valence-corrected chi connectivity index (χ4v) is 2.29. The molecule has 0 fully saturated rings. The van der Waals surface area contributed by atoms with Gasteiger partial charge in [-0.15, -0.1) is 0 Å². The van der Waals surface area contributed by atoms with E-state index in [4.69, 9.17) is 9.52 Å². The van der Waals surface area contributed by atoms with E-state index in [1.54, 1.807) is 12.1 Å². The van der Waals surface area contributed by atoms with Crippen molar-refractivity contribution in [2.24, 2.45) is 0 Å². The number of fused-ring (bicyclic) bond motifs is 5. The number of rotatable bonds is 1. The molecule has 0 atom stereocenters. The van der Waals surface area contributed by atoms with E-state index in [1.807, 2.05) is 12.1 Å². The van der Waals surface area contributed by atoms with Crippen LogP contribution in [0.25, 0.3) is 21.9 Å². The number of hydrogen-bond donors (Lipinski definition) is 1. The second kappa shape index (κ2) is 2.73. The van der Waals surface area contributed by atoms with E-state index in [0.29, 0.717) is 4.47 Å². The molecule has 0 amide bonds. The van der Waals surface area contributed by atoms with Crippen LogP contribution >= 0.6 is 15.9 Å². The first-order valence-corrected chi connectivity index (χ1v) is 5.13. The molecule has 3 nitrogen and oxygen atoms in total. The van der Waals surface area contributed by atoms with Crippen molar-refractivity contribution in [3.63, 3.8) is 0 Å². The highest BCUT2D eigenvalue weighted by Crippen LogP contribution is 2.34. The van der Waals surface area contributed by atoms with Gasteiger partial charge in [0.25, 0.3) is 0 Å². The summed E-state index contributed by atoms with van der Waals surface area (Å²) in [5.41, 5.74) is 1.78. The summed E-state index contributed by atoms with van der Waals surface area (Å²) >= 11 is 3.24. The Labute approximate surface area is 92.8 Å². The Kier molecular flexibility index (Phi) is 1.59. The van der Waals surface area contributed by atoms with Crippen LogP contribution in [0.15, 0.2) is 33.2 Å². The Morgan fingerprint density at radius 2 is 1.80 bits per heavy atom. The zero-order valence-corrected chi connectivity index (χ0v) is 9.04. The molecule has 4 heteroatoms. The van der Waals surface area contributed by atoms with Crippen molar-refractivity contribution in [3.05, 3.63) is 34.3 Å². The maximum absolute atomic E-state index is 10.9. The van der Waals surface area contributed by atoms with Crippen LogP contribution in [0, 0.1) is 0 Å². The molecule has 0 aliphatic heterocycles. The molecule has 15 heavy (non-hydrogen) atoms. The third-order valence-corrected chi connectivity index (χ3v) is 3.13. The molecular weight excluding hydrogens is 260 g/mol. The van der Waals surface area contributed by atoms with Crippen molar-refractivity contribution in [3.8, 4) is 0 Å². The summed E-state index contributed by atoms with van der Waals surface area (Å²) in [6.07, 6.45) is 0. The maximum atomic E-state index is 10.9. The van der Waals surface area contributed by atoms with E-state index in [0.717, 1.165) is 21.9 Å². The molecule has 0 aliphatic carbocycles. The van der Waals surface area contributed by atoms with Crippen molar-refractivity contribution in [1.82, 2.24) is 0 Å². The van der Waals surface area contributed by atoms with Crippen LogP contribution in [0.1, 0.15) is 10.4 Å². The predicted molar refractivity (Wildman–Crippen MR) is 59.6 cm³/mol. The van der Waals surface area contributed by atoms with Gasteiger partial charge in [0.15, 0.2) is 0 Å². The molecule has 1 aromatic carbocycles. The molecule has 0 radical (unpaired) electrons. The number of carboxylic acids is 1. The molecule has 2 aromatic heterocycles. The molecule has 74 valence electrons. The normalized spacial score (nSPS) is 11.5. The lowest BCUT2D eigenvalue weighted by molar-refractivity contribution is 0.0696. The SMILES string of the molecule is O=C(O)c1cc2c3ccc(o3)c2cc1Br. The van der Waals surface area contributed by atoms with Crippen molar-refractivity contribution >= 4 is 43.8 Å². The van der Waals surface area contributed by atoms with Gasteiger partial charge in [-0.05, 0) is 40.2 Å². The summed E-state index contributed by atoms with van der Waals surface area (Å²) < 4.78 is 6.02. The predicted octanol–water partition coefficient (Wildman–Crippen LogP) is 3.48. The monoisotopic (exact) mass is 264 g/mol. The summed E-state index contributed by atoms with van der Waals surface area (Å²) in [7, 11) is 0. The Bertz CT molecular complexity index is 668. The van der Waals surface area contributed by atoms with Crippen LogP contribution in [0.2, 0.25) is 0 Å². The van der Waals surface area contributed by atoms with Gasteiger partial charge in [-0.3, -0.25) is 0 Å². The van der Waals surface area contributed by atoms with Gasteiger partial charge < -0.3 is 9.52 Å². The first kappa shape index (κ1) is 8.73. The molecular formula is C11H5BrO3. The van der Waals surface area contributed by atoms with Gasteiger partial charge in [0.1, 0.15) is 11.2 Å². The molecule has 0 spiro atoms. The zero-order valence-electron chi connectivity index (χ0n) is 7.45. The molecule has 2 bridgehead atoms. The average Bonchev–Trinajstić information content (AvgIpc) is 2.76. The summed E-state index contributed by atoms with van der Waals surface area (Å²) in [6.45, 7) is 0. The van der Waals surface area contributed by atoms with Crippen LogP contribution < -0.4 is 0 Å². The van der Waals surface area contributed by atoms with E-state index >= 15 is 0 Å². The minimum Gasteiger partial charge on any atom is -0.478 e. The minimum absolute atomic E-state index is 0.256. The number of furan rings is 2. The molecule has 3 rings (SSSR count). The van der Waals surface area contributed by atoms with Crippen molar-refractivity contribution in [1.29, 1.82) is 0 Å². The van der Waals surface area contributed by atoms with Gasteiger partial charge >= 0.3 is 5.97 Å². The molecule has 1 N–H and O–H groups in total. The standard InChI is InChI=1S/C11H5BrO3/c12-8-4-6-5(3-7(8)11(13)14)9-1-2-10(6)15-9/h1-4H,(H,13,14). The van der Waals surface area contributed by atoms with E-state index in [1.165, 1.54) is 0 Å². The first-order valence-electron chi connectivity index (χ1n) is 4.34. The van der Waals surface area contributed by atoms with Crippen LogP contribution in [-0.2, 0) is 0 Å². The van der Waals surface area contributed by atoms with Crippen LogP contribution in [0.5, 0.6) is 0 Å². The zero-order chi connectivity index (χ0) is 10.6. The summed E-state index contributed by atoms with van der Waals surface area (Å²) in [5, 5.41) is 10.8. The van der Waals surface area contributed by atoms with Crippen molar-refractivity contribution in [2.75, 3.05) is 0 Å². The molecule has 3 aromatic rings. The van der Waals surface area contributed by atoms with E-state index in [9.17, 15) is 4.79 Å². The quantitative estimate of drug-likeness (QED) is 0.732.